The van der Waals surface area contributed by atoms with Crippen LogP contribution in [0.2, 0.25) is 0 Å². The van der Waals surface area contributed by atoms with E-state index in [-0.39, 0.29) is 12.0 Å². The van der Waals surface area contributed by atoms with Gasteiger partial charge in [0.1, 0.15) is 0 Å². The standard InChI is InChI=1S/C14H22BrNO/c1-4-14(5-2,10-17)9-16-12-7-6-11(3)13(15)8-12/h6-8,16-17H,4-5,9-10H2,1-3H3. The lowest BCUT2D eigenvalue weighted by Gasteiger charge is -2.30. The van der Waals surface area contributed by atoms with Crippen LogP contribution in [0.15, 0.2) is 22.7 Å². The van der Waals surface area contributed by atoms with Crippen molar-refractivity contribution in [3.05, 3.63) is 28.2 Å². The van der Waals surface area contributed by atoms with Crippen molar-refractivity contribution in [3.8, 4) is 0 Å². The Balaban J connectivity index is 2.68. The predicted octanol–water partition coefficient (Wildman–Crippen LogP) is 3.97. The average molecular weight is 300 g/mol. The zero-order valence-corrected chi connectivity index (χ0v) is 12.5. The second-order valence-corrected chi connectivity index (χ2v) is 5.54. The normalized spacial score (nSPS) is 11.6. The first kappa shape index (κ1) is 14.5. The fourth-order valence-corrected chi connectivity index (χ4v) is 2.15. The molecule has 0 fully saturated rings. The van der Waals surface area contributed by atoms with Gasteiger partial charge < -0.3 is 10.4 Å². The van der Waals surface area contributed by atoms with E-state index in [1.807, 2.05) is 0 Å². The minimum atomic E-state index is -0.00262. The summed E-state index contributed by atoms with van der Waals surface area (Å²) in [5, 5.41) is 12.9. The number of hydrogen-bond acceptors (Lipinski definition) is 2. The molecule has 0 aliphatic rings. The topological polar surface area (TPSA) is 32.3 Å². The summed E-state index contributed by atoms with van der Waals surface area (Å²) in [4.78, 5) is 0. The first-order valence-electron chi connectivity index (χ1n) is 6.18. The van der Waals surface area contributed by atoms with E-state index in [2.05, 4.69) is 60.2 Å². The van der Waals surface area contributed by atoms with Crippen LogP contribution in [0.1, 0.15) is 32.3 Å². The third-order valence-electron chi connectivity index (χ3n) is 3.67. The van der Waals surface area contributed by atoms with Crippen molar-refractivity contribution in [3.63, 3.8) is 0 Å². The summed E-state index contributed by atoms with van der Waals surface area (Å²) >= 11 is 3.53. The van der Waals surface area contributed by atoms with E-state index in [4.69, 9.17) is 0 Å². The molecule has 0 spiro atoms. The van der Waals surface area contributed by atoms with E-state index >= 15 is 0 Å². The van der Waals surface area contributed by atoms with Gasteiger partial charge in [-0.3, -0.25) is 0 Å². The van der Waals surface area contributed by atoms with Crippen LogP contribution in [0.4, 0.5) is 5.69 Å². The summed E-state index contributed by atoms with van der Waals surface area (Å²) in [5.41, 5.74) is 2.33. The van der Waals surface area contributed by atoms with Crippen LogP contribution in [0.25, 0.3) is 0 Å². The molecule has 2 nitrogen and oxygen atoms in total. The Morgan fingerprint density at radius 2 is 1.94 bits per heavy atom. The maximum atomic E-state index is 9.50. The number of benzene rings is 1. The van der Waals surface area contributed by atoms with Gasteiger partial charge in [-0.1, -0.05) is 35.8 Å². The van der Waals surface area contributed by atoms with Crippen molar-refractivity contribution in [1.82, 2.24) is 0 Å². The molecule has 96 valence electrons. The van der Waals surface area contributed by atoms with Crippen molar-refractivity contribution in [1.29, 1.82) is 0 Å². The molecule has 0 saturated carbocycles. The lowest BCUT2D eigenvalue weighted by atomic mass is 9.83. The smallest absolute Gasteiger partial charge is 0.0504 e. The van der Waals surface area contributed by atoms with E-state index in [1.54, 1.807) is 0 Å². The molecule has 0 radical (unpaired) electrons. The van der Waals surface area contributed by atoms with E-state index in [9.17, 15) is 5.11 Å². The molecule has 0 unspecified atom stereocenters. The Morgan fingerprint density at radius 1 is 1.29 bits per heavy atom. The zero-order chi connectivity index (χ0) is 12.9. The minimum Gasteiger partial charge on any atom is -0.396 e. The monoisotopic (exact) mass is 299 g/mol. The molecule has 0 bridgehead atoms. The molecule has 0 atom stereocenters. The third kappa shape index (κ3) is 3.71. The van der Waals surface area contributed by atoms with Crippen molar-refractivity contribution < 1.29 is 5.11 Å². The largest absolute Gasteiger partial charge is 0.396 e. The molecule has 1 rings (SSSR count). The van der Waals surface area contributed by atoms with Gasteiger partial charge in [-0.05, 0) is 37.5 Å². The SMILES string of the molecule is CCC(CC)(CO)CNc1ccc(C)c(Br)c1. The summed E-state index contributed by atoms with van der Waals surface area (Å²) in [5.74, 6) is 0. The second kappa shape index (κ2) is 6.41. The molecule has 1 aromatic carbocycles. The highest BCUT2D eigenvalue weighted by Gasteiger charge is 2.24. The van der Waals surface area contributed by atoms with Crippen LogP contribution in [-0.2, 0) is 0 Å². The molecule has 17 heavy (non-hydrogen) atoms. The first-order valence-corrected chi connectivity index (χ1v) is 6.97. The zero-order valence-electron chi connectivity index (χ0n) is 10.9. The first-order chi connectivity index (χ1) is 8.06. The predicted molar refractivity (Wildman–Crippen MR) is 77.5 cm³/mol. The Kier molecular flexibility index (Phi) is 5.47. The van der Waals surface area contributed by atoms with Crippen molar-refractivity contribution >= 4 is 21.6 Å². The number of aryl methyl sites for hydroxylation is 1. The summed E-state index contributed by atoms with van der Waals surface area (Å²) in [6.45, 7) is 7.38. The van der Waals surface area contributed by atoms with Crippen molar-refractivity contribution in [2.24, 2.45) is 5.41 Å². The van der Waals surface area contributed by atoms with E-state index < -0.39 is 0 Å². The van der Waals surface area contributed by atoms with Crippen molar-refractivity contribution in [2.75, 3.05) is 18.5 Å². The second-order valence-electron chi connectivity index (χ2n) is 4.68. The van der Waals surface area contributed by atoms with Gasteiger partial charge in [0.15, 0.2) is 0 Å². The lowest BCUT2D eigenvalue weighted by molar-refractivity contribution is 0.127. The number of aliphatic hydroxyl groups excluding tert-OH is 1. The van der Waals surface area contributed by atoms with Gasteiger partial charge in [0.05, 0.1) is 6.61 Å². The van der Waals surface area contributed by atoms with Gasteiger partial charge in [0, 0.05) is 22.1 Å². The molecule has 0 aliphatic heterocycles. The molecule has 0 amide bonds. The Bertz CT molecular complexity index is 353. The van der Waals surface area contributed by atoms with E-state index in [0.29, 0.717) is 0 Å². The van der Waals surface area contributed by atoms with Gasteiger partial charge in [0.2, 0.25) is 0 Å². The van der Waals surface area contributed by atoms with Gasteiger partial charge in [-0.25, -0.2) is 0 Å². The van der Waals surface area contributed by atoms with Crippen LogP contribution in [0, 0.1) is 12.3 Å². The fourth-order valence-electron chi connectivity index (χ4n) is 1.77. The van der Waals surface area contributed by atoms with Gasteiger partial charge in [-0.15, -0.1) is 0 Å². The Labute approximate surface area is 113 Å². The molecule has 0 heterocycles. The minimum absolute atomic E-state index is 0.00262. The number of hydrogen-bond donors (Lipinski definition) is 2. The van der Waals surface area contributed by atoms with Crippen LogP contribution in [-0.4, -0.2) is 18.3 Å². The number of anilines is 1. The van der Waals surface area contributed by atoms with Gasteiger partial charge >= 0.3 is 0 Å². The van der Waals surface area contributed by atoms with E-state index in [0.717, 1.165) is 29.5 Å². The van der Waals surface area contributed by atoms with Gasteiger partial charge in [-0.2, -0.15) is 0 Å². The summed E-state index contributed by atoms with van der Waals surface area (Å²) in [7, 11) is 0. The van der Waals surface area contributed by atoms with Crippen molar-refractivity contribution in [2.45, 2.75) is 33.6 Å². The molecule has 3 heteroatoms. The highest BCUT2D eigenvalue weighted by molar-refractivity contribution is 9.10. The molecule has 0 saturated heterocycles. The molecular weight excluding hydrogens is 278 g/mol. The molecule has 2 N–H and O–H groups in total. The Morgan fingerprint density at radius 3 is 2.41 bits per heavy atom. The van der Waals surface area contributed by atoms with Crippen LogP contribution < -0.4 is 5.32 Å². The third-order valence-corrected chi connectivity index (χ3v) is 4.53. The average Bonchev–Trinajstić information content (AvgIpc) is 2.36. The summed E-state index contributed by atoms with van der Waals surface area (Å²) in [6.07, 6.45) is 1.97. The fraction of sp³-hybridized carbons (Fsp3) is 0.571. The highest BCUT2D eigenvalue weighted by Crippen LogP contribution is 2.27. The maximum absolute atomic E-state index is 9.50. The number of halogens is 1. The number of aliphatic hydroxyl groups is 1. The highest BCUT2D eigenvalue weighted by atomic mass is 79.9. The van der Waals surface area contributed by atoms with E-state index in [1.165, 1.54) is 5.56 Å². The van der Waals surface area contributed by atoms with Crippen LogP contribution in [0.5, 0.6) is 0 Å². The van der Waals surface area contributed by atoms with Crippen LogP contribution >= 0.6 is 15.9 Å². The molecule has 1 aromatic rings. The molecule has 0 aliphatic carbocycles. The Hall–Kier alpha value is -0.540. The molecular formula is C14H22BrNO. The number of nitrogens with one attached hydrogen (secondary N) is 1. The van der Waals surface area contributed by atoms with Gasteiger partial charge in [0.25, 0.3) is 0 Å². The summed E-state index contributed by atoms with van der Waals surface area (Å²) < 4.78 is 1.12. The molecule has 0 aromatic heterocycles. The quantitative estimate of drug-likeness (QED) is 0.833. The summed E-state index contributed by atoms with van der Waals surface area (Å²) in [6, 6.07) is 6.25. The number of rotatable bonds is 6. The van der Waals surface area contributed by atoms with Crippen LogP contribution in [0.3, 0.4) is 0 Å². The maximum Gasteiger partial charge on any atom is 0.0504 e. The lowest BCUT2D eigenvalue weighted by Crippen LogP contribution is -2.32.